The van der Waals surface area contributed by atoms with Crippen LogP contribution in [0.25, 0.3) is 11.1 Å². The van der Waals surface area contributed by atoms with Crippen molar-refractivity contribution in [3.05, 3.63) is 54.6 Å². The van der Waals surface area contributed by atoms with Gasteiger partial charge in [-0.2, -0.15) is 0 Å². The molecule has 3 unspecified atom stereocenters. The maximum atomic E-state index is 12.7. The molecule has 0 heterocycles. The minimum Gasteiger partial charge on any atom is -0.465 e. The molecule has 0 amide bonds. The summed E-state index contributed by atoms with van der Waals surface area (Å²) in [6.07, 6.45) is -0.822. The summed E-state index contributed by atoms with van der Waals surface area (Å²) in [5.41, 5.74) is 1.68. The molecule has 0 bridgehead atoms. The molecular weight excluding hydrogens is 488 g/mol. The molecule has 0 saturated heterocycles. The van der Waals surface area contributed by atoms with Crippen LogP contribution in [0.15, 0.2) is 54.6 Å². The quantitative estimate of drug-likeness (QED) is 0.195. The van der Waals surface area contributed by atoms with E-state index in [4.69, 9.17) is 18.9 Å². The van der Waals surface area contributed by atoms with Gasteiger partial charge in [0.15, 0.2) is 0 Å². The zero-order valence-corrected chi connectivity index (χ0v) is 23.0. The molecular formula is C30H38O8. The Morgan fingerprint density at radius 3 is 1.92 bits per heavy atom. The molecule has 0 spiro atoms. The number of carbonyl (C=O) groups is 4. The van der Waals surface area contributed by atoms with E-state index < -0.39 is 41.6 Å². The van der Waals surface area contributed by atoms with Crippen LogP contribution < -0.4 is 4.74 Å². The lowest BCUT2D eigenvalue weighted by atomic mass is 9.85. The van der Waals surface area contributed by atoms with Gasteiger partial charge in [-0.1, -0.05) is 62.4 Å². The topological polar surface area (TPSA) is 105 Å². The van der Waals surface area contributed by atoms with E-state index in [1.54, 1.807) is 53.7 Å². The molecule has 0 aliphatic carbocycles. The highest BCUT2D eigenvalue weighted by Gasteiger charge is 2.36. The second-order valence-corrected chi connectivity index (χ2v) is 9.76. The molecule has 0 radical (unpaired) electrons. The highest BCUT2D eigenvalue weighted by Crippen LogP contribution is 2.30. The molecule has 2 aromatic rings. The molecule has 0 N–H and O–H groups in total. The van der Waals surface area contributed by atoms with E-state index in [2.05, 4.69) is 0 Å². The van der Waals surface area contributed by atoms with Gasteiger partial charge in [-0.3, -0.25) is 19.2 Å². The van der Waals surface area contributed by atoms with E-state index in [0.29, 0.717) is 5.75 Å². The molecule has 206 valence electrons. The summed E-state index contributed by atoms with van der Waals surface area (Å²) < 4.78 is 21.4. The first-order chi connectivity index (χ1) is 18.0. The van der Waals surface area contributed by atoms with Crippen LogP contribution in [0.2, 0.25) is 0 Å². The Labute approximate surface area is 224 Å². The number of hydrogen-bond donors (Lipinski definition) is 0. The maximum absolute atomic E-state index is 12.7. The summed E-state index contributed by atoms with van der Waals surface area (Å²) in [4.78, 5) is 50.2. The highest BCUT2D eigenvalue weighted by molar-refractivity contribution is 5.83. The van der Waals surface area contributed by atoms with Crippen LogP contribution in [-0.2, 0) is 33.4 Å². The lowest BCUT2D eigenvalue weighted by Gasteiger charge is -2.25. The van der Waals surface area contributed by atoms with Gasteiger partial charge in [0.05, 0.1) is 36.4 Å². The summed E-state index contributed by atoms with van der Waals surface area (Å²) in [6, 6.07) is 16.7. The summed E-state index contributed by atoms with van der Waals surface area (Å²) in [5, 5.41) is 0. The lowest BCUT2D eigenvalue weighted by molar-refractivity contribution is -0.166. The van der Waals surface area contributed by atoms with E-state index in [0.717, 1.165) is 11.1 Å². The predicted molar refractivity (Wildman–Crippen MR) is 142 cm³/mol. The van der Waals surface area contributed by atoms with Crippen molar-refractivity contribution >= 4 is 23.9 Å². The van der Waals surface area contributed by atoms with Crippen LogP contribution in [0.1, 0.15) is 54.4 Å². The van der Waals surface area contributed by atoms with E-state index in [1.165, 1.54) is 0 Å². The molecule has 3 atom stereocenters. The number of carbonyl (C=O) groups excluding carboxylic acids is 4. The van der Waals surface area contributed by atoms with Gasteiger partial charge in [0.1, 0.15) is 12.4 Å². The Bertz CT molecular complexity index is 1080. The Balaban J connectivity index is 1.94. The average Bonchev–Trinajstić information content (AvgIpc) is 2.86. The highest BCUT2D eigenvalue weighted by atomic mass is 16.6. The molecule has 2 rings (SSSR count). The Morgan fingerprint density at radius 2 is 1.29 bits per heavy atom. The number of ether oxygens (including phenoxy) is 4. The Hall–Kier alpha value is -3.68. The molecule has 0 fully saturated rings. The third-order valence-electron chi connectivity index (χ3n) is 5.74. The first-order valence-electron chi connectivity index (χ1n) is 12.9. The predicted octanol–water partition coefficient (Wildman–Crippen LogP) is 5.37. The van der Waals surface area contributed by atoms with Crippen molar-refractivity contribution in [2.75, 3.05) is 6.61 Å². The van der Waals surface area contributed by atoms with Crippen molar-refractivity contribution in [2.24, 2.45) is 17.8 Å². The molecule has 2 aromatic carbocycles. The van der Waals surface area contributed by atoms with E-state index in [-0.39, 0.29) is 31.7 Å². The average molecular weight is 527 g/mol. The number of esters is 4. The second kappa shape index (κ2) is 14.9. The van der Waals surface area contributed by atoms with Crippen molar-refractivity contribution in [1.29, 1.82) is 0 Å². The van der Waals surface area contributed by atoms with Gasteiger partial charge in [0, 0.05) is 5.56 Å². The van der Waals surface area contributed by atoms with Crippen LogP contribution in [0, 0.1) is 17.8 Å². The summed E-state index contributed by atoms with van der Waals surface area (Å²) in [5.74, 6) is -4.24. The molecule has 0 aliphatic rings. The summed E-state index contributed by atoms with van der Waals surface area (Å²) >= 11 is 0. The van der Waals surface area contributed by atoms with Crippen LogP contribution in [0.3, 0.4) is 0 Å². The SMILES string of the molecule is CC(C)OC(=O)C(C)C(CC(C)C(=O)OCCC(=O)Oc1ccccc1-c1ccccc1)C(=O)OC(C)C. The zero-order valence-electron chi connectivity index (χ0n) is 23.0. The van der Waals surface area contributed by atoms with Crippen molar-refractivity contribution in [3.8, 4) is 16.9 Å². The third-order valence-corrected chi connectivity index (χ3v) is 5.74. The zero-order chi connectivity index (χ0) is 28.2. The lowest BCUT2D eigenvalue weighted by Crippen LogP contribution is -2.35. The van der Waals surface area contributed by atoms with Gasteiger partial charge >= 0.3 is 23.9 Å². The standard InChI is InChI=1S/C30H38O8/c1-19(2)36-29(33)22(6)25(30(34)37-20(3)4)18-21(5)28(32)35-17-16-27(31)38-26-15-11-10-14-24(26)23-12-8-7-9-13-23/h7-15,19-22,25H,16-18H2,1-6H3. The fraction of sp³-hybridized carbons (Fsp3) is 0.467. The van der Waals surface area contributed by atoms with Gasteiger partial charge in [-0.05, 0) is 45.7 Å². The summed E-state index contributed by atoms with van der Waals surface area (Å²) in [7, 11) is 0. The molecule has 8 nitrogen and oxygen atoms in total. The normalized spacial score (nSPS) is 13.4. The van der Waals surface area contributed by atoms with Gasteiger partial charge in [0.25, 0.3) is 0 Å². The fourth-order valence-corrected chi connectivity index (χ4v) is 3.77. The van der Waals surface area contributed by atoms with Crippen LogP contribution >= 0.6 is 0 Å². The molecule has 0 aliphatic heterocycles. The van der Waals surface area contributed by atoms with Gasteiger partial charge in [-0.15, -0.1) is 0 Å². The smallest absolute Gasteiger partial charge is 0.314 e. The van der Waals surface area contributed by atoms with Gasteiger partial charge in [0.2, 0.25) is 0 Å². The van der Waals surface area contributed by atoms with Crippen molar-refractivity contribution in [2.45, 2.75) is 66.6 Å². The van der Waals surface area contributed by atoms with Gasteiger partial charge in [-0.25, -0.2) is 0 Å². The van der Waals surface area contributed by atoms with E-state index in [9.17, 15) is 19.2 Å². The van der Waals surface area contributed by atoms with Crippen LogP contribution in [0.4, 0.5) is 0 Å². The minimum absolute atomic E-state index is 0.0354. The van der Waals surface area contributed by atoms with Crippen molar-refractivity contribution in [1.82, 2.24) is 0 Å². The monoisotopic (exact) mass is 526 g/mol. The molecule has 0 saturated carbocycles. The second-order valence-electron chi connectivity index (χ2n) is 9.76. The first-order valence-corrected chi connectivity index (χ1v) is 12.9. The van der Waals surface area contributed by atoms with E-state index >= 15 is 0 Å². The Morgan fingerprint density at radius 1 is 0.711 bits per heavy atom. The third kappa shape index (κ3) is 9.65. The van der Waals surface area contributed by atoms with Crippen molar-refractivity contribution < 1.29 is 38.1 Å². The number of rotatable bonds is 13. The largest absolute Gasteiger partial charge is 0.465 e. The molecule has 8 heteroatoms. The van der Waals surface area contributed by atoms with Gasteiger partial charge < -0.3 is 18.9 Å². The number of benzene rings is 2. The Kier molecular flexibility index (Phi) is 12.0. The maximum Gasteiger partial charge on any atom is 0.314 e. The van der Waals surface area contributed by atoms with Crippen LogP contribution in [0.5, 0.6) is 5.75 Å². The van der Waals surface area contributed by atoms with E-state index in [1.807, 2.05) is 42.5 Å². The van der Waals surface area contributed by atoms with Crippen LogP contribution in [-0.4, -0.2) is 42.7 Å². The summed E-state index contributed by atoms with van der Waals surface area (Å²) in [6.45, 7) is 9.86. The molecule has 0 aromatic heterocycles. The first kappa shape index (κ1) is 30.5. The van der Waals surface area contributed by atoms with Crippen molar-refractivity contribution in [3.63, 3.8) is 0 Å². The number of para-hydroxylation sites is 1. The fourth-order valence-electron chi connectivity index (χ4n) is 3.77. The minimum atomic E-state index is -0.884. The molecule has 38 heavy (non-hydrogen) atoms. The number of hydrogen-bond acceptors (Lipinski definition) is 8.